The van der Waals surface area contributed by atoms with Crippen LogP contribution >= 0.6 is 0 Å². The van der Waals surface area contributed by atoms with Crippen molar-refractivity contribution in [1.82, 2.24) is 40.4 Å². The lowest BCUT2D eigenvalue weighted by molar-refractivity contribution is 0.489. The van der Waals surface area contributed by atoms with Crippen LogP contribution in [0.4, 0.5) is 4.39 Å². The molecule has 194 valence electrons. The Bertz CT molecular complexity index is 1780. The van der Waals surface area contributed by atoms with Gasteiger partial charge < -0.3 is 10.3 Å². The van der Waals surface area contributed by atoms with Gasteiger partial charge in [0.2, 0.25) is 0 Å². The molecule has 1 saturated carbocycles. The van der Waals surface area contributed by atoms with Gasteiger partial charge in [-0.25, -0.2) is 14.4 Å². The normalized spacial score (nSPS) is 14.1. The summed E-state index contributed by atoms with van der Waals surface area (Å²) in [5, 5.41) is 11.2. The molecule has 0 aliphatic heterocycles. The molecule has 0 atom stereocenters. The van der Waals surface area contributed by atoms with Gasteiger partial charge in [0.15, 0.2) is 11.5 Å². The standard InChI is InChI=1S/C30H27FN8/c31-22-8-4-3-7-21(22)26-27-24(11-12-34-26)36-30(37-27)29-28-25(38-39-29)10-9-23(35-28)20-13-19(16-33-17-20)15-32-14-18-5-1-2-6-18/h3-4,7-13,16-18,32H,1-2,5-6,14-15H2,(H,36,37)(H,38,39). The second-order valence-corrected chi connectivity index (χ2v) is 10.1. The second-order valence-electron chi connectivity index (χ2n) is 10.1. The smallest absolute Gasteiger partial charge is 0.161 e. The third kappa shape index (κ3) is 4.55. The van der Waals surface area contributed by atoms with Gasteiger partial charge in [-0.3, -0.25) is 15.1 Å². The quantitative estimate of drug-likeness (QED) is 0.238. The van der Waals surface area contributed by atoms with E-state index in [0.717, 1.165) is 46.9 Å². The largest absolute Gasteiger partial charge is 0.336 e. The van der Waals surface area contributed by atoms with Gasteiger partial charge in [0.25, 0.3) is 0 Å². The number of halogens is 1. The Morgan fingerprint density at radius 2 is 1.79 bits per heavy atom. The number of rotatable bonds is 7. The number of nitrogens with zero attached hydrogens (tertiary/aromatic N) is 5. The summed E-state index contributed by atoms with van der Waals surface area (Å²) < 4.78 is 14.6. The number of pyridine rings is 3. The Kier molecular flexibility index (Phi) is 6.05. The molecular weight excluding hydrogens is 491 g/mol. The Morgan fingerprint density at radius 3 is 2.69 bits per heavy atom. The fourth-order valence-electron chi connectivity index (χ4n) is 5.48. The molecule has 1 fully saturated rings. The van der Waals surface area contributed by atoms with Crippen molar-refractivity contribution < 1.29 is 4.39 Å². The summed E-state index contributed by atoms with van der Waals surface area (Å²) in [6, 6.07) is 14.5. The van der Waals surface area contributed by atoms with Crippen LogP contribution in [0.15, 0.2) is 67.1 Å². The van der Waals surface area contributed by atoms with E-state index in [-0.39, 0.29) is 5.82 Å². The summed E-state index contributed by atoms with van der Waals surface area (Å²) in [6.07, 6.45) is 10.7. The lowest BCUT2D eigenvalue weighted by atomic mass is 10.1. The van der Waals surface area contributed by atoms with Crippen LogP contribution < -0.4 is 5.32 Å². The van der Waals surface area contributed by atoms with Crippen molar-refractivity contribution in [2.75, 3.05) is 6.54 Å². The molecular formula is C30H27FN8. The number of hydrogen-bond donors (Lipinski definition) is 3. The van der Waals surface area contributed by atoms with Crippen molar-refractivity contribution in [3.63, 3.8) is 0 Å². The van der Waals surface area contributed by atoms with E-state index in [1.165, 1.54) is 31.7 Å². The molecule has 0 amide bonds. The van der Waals surface area contributed by atoms with Crippen LogP contribution in [0.25, 0.3) is 56.1 Å². The summed E-state index contributed by atoms with van der Waals surface area (Å²) in [7, 11) is 0. The fraction of sp³-hybridized carbons (Fsp3) is 0.233. The molecule has 3 N–H and O–H groups in total. The molecule has 6 aromatic rings. The predicted molar refractivity (Wildman–Crippen MR) is 149 cm³/mol. The average Bonchev–Trinajstić information content (AvgIpc) is 3.73. The number of hydrogen-bond acceptors (Lipinski definition) is 6. The van der Waals surface area contributed by atoms with E-state index in [1.54, 1.807) is 24.4 Å². The molecule has 8 nitrogen and oxygen atoms in total. The molecule has 1 aromatic carbocycles. The van der Waals surface area contributed by atoms with E-state index in [0.29, 0.717) is 33.8 Å². The lowest BCUT2D eigenvalue weighted by Crippen LogP contribution is -2.20. The van der Waals surface area contributed by atoms with Crippen LogP contribution in [0.3, 0.4) is 0 Å². The minimum absolute atomic E-state index is 0.344. The molecule has 9 heteroatoms. The molecule has 39 heavy (non-hydrogen) atoms. The monoisotopic (exact) mass is 518 g/mol. The van der Waals surface area contributed by atoms with Gasteiger partial charge in [0.05, 0.1) is 16.7 Å². The van der Waals surface area contributed by atoms with E-state index in [9.17, 15) is 4.39 Å². The first kappa shape index (κ1) is 23.6. The number of imidazole rings is 1. The first-order chi connectivity index (χ1) is 19.2. The Hall–Kier alpha value is -4.50. The van der Waals surface area contributed by atoms with Crippen molar-refractivity contribution in [3.05, 3.63) is 78.5 Å². The van der Waals surface area contributed by atoms with E-state index >= 15 is 0 Å². The van der Waals surface area contributed by atoms with Crippen molar-refractivity contribution in [2.24, 2.45) is 5.92 Å². The predicted octanol–water partition coefficient (Wildman–Crippen LogP) is 6.04. The molecule has 5 aromatic heterocycles. The van der Waals surface area contributed by atoms with Crippen molar-refractivity contribution in [1.29, 1.82) is 0 Å². The van der Waals surface area contributed by atoms with Gasteiger partial charge in [-0.15, -0.1) is 0 Å². The number of H-pyrrole nitrogens is 2. The zero-order valence-corrected chi connectivity index (χ0v) is 21.3. The van der Waals surface area contributed by atoms with Crippen LogP contribution in [0.2, 0.25) is 0 Å². The van der Waals surface area contributed by atoms with Gasteiger partial charge in [-0.05, 0) is 67.3 Å². The molecule has 7 rings (SSSR count). The van der Waals surface area contributed by atoms with Crippen LogP contribution in [0.5, 0.6) is 0 Å². The maximum absolute atomic E-state index is 14.6. The molecule has 0 spiro atoms. The van der Waals surface area contributed by atoms with E-state index in [1.807, 2.05) is 30.6 Å². The Balaban J connectivity index is 1.21. The van der Waals surface area contributed by atoms with Crippen LogP contribution in [0.1, 0.15) is 31.2 Å². The molecule has 0 bridgehead atoms. The summed E-state index contributed by atoms with van der Waals surface area (Å²) in [4.78, 5) is 21.9. The summed E-state index contributed by atoms with van der Waals surface area (Å²) in [6.45, 7) is 1.84. The first-order valence-corrected chi connectivity index (χ1v) is 13.3. The van der Waals surface area contributed by atoms with Crippen molar-refractivity contribution in [3.8, 4) is 34.0 Å². The highest BCUT2D eigenvalue weighted by molar-refractivity contribution is 5.95. The van der Waals surface area contributed by atoms with Crippen molar-refractivity contribution >= 4 is 22.1 Å². The highest BCUT2D eigenvalue weighted by Crippen LogP contribution is 2.31. The summed E-state index contributed by atoms with van der Waals surface area (Å²) >= 11 is 0. The zero-order chi connectivity index (χ0) is 26.2. The number of aromatic amines is 2. The lowest BCUT2D eigenvalue weighted by Gasteiger charge is -2.11. The summed E-state index contributed by atoms with van der Waals surface area (Å²) in [5.74, 6) is 0.985. The maximum Gasteiger partial charge on any atom is 0.161 e. The first-order valence-electron chi connectivity index (χ1n) is 13.3. The summed E-state index contributed by atoms with van der Waals surface area (Å²) in [5.41, 5.74) is 7.15. The maximum atomic E-state index is 14.6. The van der Waals surface area contributed by atoms with Crippen molar-refractivity contribution in [2.45, 2.75) is 32.2 Å². The van der Waals surface area contributed by atoms with Gasteiger partial charge >= 0.3 is 0 Å². The third-order valence-electron chi connectivity index (χ3n) is 7.49. The van der Waals surface area contributed by atoms with Gasteiger partial charge in [-0.1, -0.05) is 25.0 Å². The Morgan fingerprint density at radius 1 is 0.923 bits per heavy atom. The molecule has 0 saturated heterocycles. The molecule has 1 aliphatic rings. The van der Waals surface area contributed by atoms with Gasteiger partial charge in [-0.2, -0.15) is 5.10 Å². The minimum atomic E-state index is -0.344. The van der Waals surface area contributed by atoms with E-state index in [4.69, 9.17) is 9.97 Å². The van der Waals surface area contributed by atoms with Crippen LogP contribution in [0, 0.1) is 11.7 Å². The number of nitrogens with one attached hydrogen (secondary N) is 3. The second kappa shape index (κ2) is 9.99. The average molecular weight is 519 g/mol. The highest BCUT2D eigenvalue weighted by Gasteiger charge is 2.19. The molecule has 5 heterocycles. The topological polar surface area (TPSA) is 108 Å². The number of fused-ring (bicyclic) bond motifs is 2. The zero-order valence-electron chi connectivity index (χ0n) is 21.3. The Labute approximate surface area is 224 Å². The van der Waals surface area contributed by atoms with Gasteiger partial charge in [0.1, 0.15) is 22.5 Å². The SMILES string of the molecule is Fc1ccccc1-c1nccc2[nH]c(-c3n[nH]c4ccc(-c5cncc(CNCC6CCCC6)c5)nc34)nc12. The van der Waals surface area contributed by atoms with E-state index in [2.05, 4.69) is 36.5 Å². The molecule has 0 radical (unpaired) electrons. The third-order valence-corrected chi connectivity index (χ3v) is 7.49. The molecule has 1 aliphatic carbocycles. The fourth-order valence-corrected chi connectivity index (χ4v) is 5.48. The number of aromatic nitrogens is 7. The minimum Gasteiger partial charge on any atom is -0.336 e. The van der Waals surface area contributed by atoms with E-state index < -0.39 is 0 Å². The van der Waals surface area contributed by atoms with Crippen LogP contribution in [-0.4, -0.2) is 41.7 Å². The highest BCUT2D eigenvalue weighted by atomic mass is 19.1. The molecule has 0 unspecified atom stereocenters. The van der Waals surface area contributed by atoms with Crippen LogP contribution in [-0.2, 0) is 6.54 Å². The number of benzene rings is 1. The van der Waals surface area contributed by atoms with Gasteiger partial charge in [0, 0.05) is 36.3 Å².